The Bertz CT molecular complexity index is 344. The maximum atomic E-state index is 5.92. The summed E-state index contributed by atoms with van der Waals surface area (Å²) in [6, 6.07) is 6.08. The van der Waals surface area contributed by atoms with E-state index in [1.54, 1.807) is 0 Å². The fourth-order valence-corrected chi connectivity index (χ4v) is 2.03. The third-order valence-electron chi connectivity index (χ3n) is 3.02. The summed E-state index contributed by atoms with van der Waals surface area (Å²) in [6.45, 7) is 6.67. The zero-order valence-corrected chi connectivity index (χ0v) is 8.94. The van der Waals surface area contributed by atoms with E-state index < -0.39 is 0 Å². The minimum atomic E-state index is 0.146. The summed E-state index contributed by atoms with van der Waals surface area (Å²) < 4.78 is 0. The molecule has 0 amide bonds. The number of nitrogens with one attached hydrogen (secondary N) is 1. The second-order valence-electron chi connectivity index (χ2n) is 4.30. The van der Waals surface area contributed by atoms with E-state index in [1.807, 2.05) is 12.1 Å². The highest BCUT2D eigenvalue weighted by molar-refractivity contribution is 6.30. The Morgan fingerprint density at radius 1 is 1.38 bits per heavy atom. The lowest BCUT2D eigenvalue weighted by molar-refractivity contribution is 0.503. The first kappa shape index (κ1) is 8.89. The van der Waals surface area contributed by atoms with E-state index in [2.05, 4.69) is 32.2 Å². The first-order valence-electron chi connectivity index (χ1n) is 4.58. The molecule has 1 atom stereocenters. The Hall–Kier alpha value is -0.690. The summed E-state index contributed by atoms with van der Waals surface area (Å²) in [7, 11) is 0. The van der Waals surface area contributed by atoms with Gasteiger partial charge in [-0.15, -0.1) is 0 Å². The molecular weight excluding hydrogens is 182 g/mol. The van der Waals surface area contributed by atoms with Crippen molar-refractivity contribution in [2.45, 2.75) is 32.2 Å². The number of hydrogen-bond donors (Lipinski definition) is 1. The summed E-state index contributed by atoms with van der Waals surface area (Å²) in [5, 5.41) is 4.28. The van der Waals surface area contributed by atoms with Gasteiger partial charge in [0.25, 0.3) is 0 Å². The van der Waals surface area contributed by atoms with Gasteiger partial charge in [-0.05, 0) is 31.5 Å². The molecule has 0 spiro atoms. The molecular formula is C11H14ClN. The molecule has 2 heteroatoms. The first-order valence-corrected chi connectivity index (χ1v) is 4.96. The van der Waals surface area contributed by atoms with Crippen LogP contribution < -0.4 is 5.32 Å². The Morgan fingerprint density at radius 3 is 2.77 bits per heavy atom. The van der Waals surface area contributed by atoms with Crippen molar-refractivity contribution in [1.82, 2.24) is 0 Å². The van der Waals surface area contributed by atoms with Gasteiger partial charge in [-0.1, -0.05) is 24.6 Å². The van der Waals surface area contributed by atoms with Crippen molar-refractivity contribution in [2.24, 2.45) is 0 Å². The summed E-state index contributed by atoms with van der Waals surface area (Å²) in [6.07, 6.45) is 0. The summed E-state index contributed by atoms with van der Waals surface area (Å²) in [5.41, 5.74) is 2.70. The minimum absolute atomic E-state index is 0.146. The van der Waals surface area contributed by atoms with Crippen LogP contribution in [0.25, 0.3) is 0 Å². The van der Waals surface area contributed by atoms with Crippen LogP contribution in [-0.2, 0) is 0 Å². The highest BCUT2D eigenvalue weighted by atomic mass is 35.5. The van der Waals surface area contributed by atoms with Crippen molar-refractivity contribution >= 4 is 17.3 Å². The number of halogens is 1. The summed E-state index contributed by atoms with van der Waals surface area (Å²) in [4.78, 5) is 0. The molecule has 1 aromatic carbocycles. The molecule has 1 aliphatic rings. The lowest BCUT2D eigenvalue weighted by Gasteiger charge is -2.24. The topological polar surface area (TPSA) is 12.0 Å². The Balaban J connectivity index is 2.50. The fraction of sp³-hybridized carbons (Fsp3) is 0.455. The van der Waals surface area contributed by atoms with E-state index in [0.29, 0.717) is 5.92 Å². The molecule has 0 saturated carbocycles. The third-order valence-corrected chi connectivity index (χ3v) is 3.26. The van der Waals surface area contributed by atoms with Crippen LogP contribution in [0.1, 0.15) is 32.3 Å². The summed E-state index contributed by atoms with van der Waals surface area (Å²) in [5.74, 6) is 0.541. The minimum Gasteiger partial charge on any atom is -0.379 e. The molecule has 0 aromatic heterocycles. The molecule has 2 rings (SSSR count). The number of fused-ring (bicyclic) bond motifs is 1. The van der Waals surface area contributed by atoms with Crippen LogP contribution in [0.3, 0.4) is 0 Å². The van der Waals surface area contributed by atoms with E-state index in [4.69, 9.17) is 11.6 Å². The molecule has 0 bridgehead atoms. The van der Waals surface area contributed by atoms with E-state index in [0.717, 1.165) is 5.02 Å². The molecule has 1 heterocycles. The molecule has 70 valence electrons. The lowest BCUT2D eigenvalue weighted by Crippen LogP contribution is -2.30. The second kappa shape index (κ2) is 2.65. The van der Waals surface area contributed by atoms with E-state index >= 15 is 0 Å². The van der Waals surface area contributed by atoms with Crippen LogP contribution in [0.15, 0.2) is 18.2 Å². The molecule has 13 heavy (non-hydrogen) atoms. The highest BCUT2D eigenvalue weighted by Crippen LogP contribution is 2.42. The van der Waals surface area contributed by atoms with Gasteiger partial charge in [0.2, 0.25) is 0 Å². The van der Waals surface area contributed by atoms with Crippen LogP contribution in [0.4, 0.5) is 5.69 Å². The predicted molar refractivity (Wildman–Crippen MR) is 57.6 cm³/mol. The SMILES string of the molecule is CC1c2ccc(Cl)cc2NC1(C)C. The maximum absolute atomic E-state index is 5.92. The smallest absolute Gasteiger partial charge is 0.0426 e. The largest absolute Gasteiger partial charge is 0.379 e. The predicted octanol–water partition coefficient (Wildman–Crippen LogP) is 3.65. The van der Waals surface area contributed by atoms with Gasteiger partial charge in [0.1, 0.15) is 0 Å². The maximum Gasteiger partial charge on any atom is 0.0426 e. The molecule has 0 fully saturated rings. The molecule has 0 radical (unpaired) electrons. The fourth-order valence-electron chi connectivity index (χ4n) is 1.86. The molecule has 0 saturated heterocycles. The van der Waals surface area contributed by atoms with Crippen molar-refractivity contribution in [3.05, 3.63) is 28.8 Å². The van der Waals surface area contributed by atoms with Crippen LogP contribution in [-0.4, -0.2) is 5.54 Å². The summed E-state index contributed by atoms with van der Waals surface area (Å²) >= 11 is 5.92. The Kier molecular flexibility index (Phi) is 1.81. The van der Waals surface area contributed by atoms with Gasteiger partial charge in [-0.25, -0.2) is 0 Å². The molecule has 0 aliphatic carbocycles. The van der Waals surface area contributed by atoms with Crippen LogP contribution in [0.5, 0.6) is 0 Å². The first-order chi connectivity index (χ1) is 6.00. The molecule has 1 N–H and O–H groups in total. The van der Waals surface area contributed by atoms with Gasteiger partial charge in [0.05, 0.1) is 0 Å². The van der Waals surface area contributed by atoms with E-state index in [9.17, 15) is 0 Å². The van der Waals surface area contributed by atoms with Crippen molar-refractivity contribution in [3.8, 4) is 0 Å². The van der Waals surface area contributed by atoms with Gasteiger partial charge in [0.15, 0.2) is 0 Å². The normalized spacial score (nSPS) is 23.8. The van der Waals surface area contributed by atoms with Crippen LogP contribution >= 0.6 is 11.6 Å². The van der Waals surface area contributed by atoms with Gasteiger partial charge in [0, 0.05) is 22.2 Å². The van der Waals surface area contributed by atoms with E-state index in [-0.39, 0.29) is 5.54 Å². The van der Waals surface area contributed by atoms with Gasteiger partial charge in [-0.2, -0.15) is 0 Å². The average molecular weight is 196 g/mol. The van der Waals surface area contributed by atoms with Crippen LogP contribution in [0, 0.1) is 0 Å². The third kappa shape index (κ3) is 1.31. The van der Waals surface area contributed by atoms with Crippen molar-refractivity contribution < 1.29 is 0 Å². The highest BCUT2D eigenvalue weighted by Gasteiger charge is 2.34. The van der Waals surface area contributed by atoms with Gasteiger partial charge < -0.3 is 5.32 Å². The van der Waals surface area contributed by atoms with Gasteiger partial charge >= 0.3 is 0 Å². The quantitative estimate of drug-likeness (QED) is 0.667. The van der Waals surface area contributed by atoms with Crippen LogP contribution in [0.2, 0.25) is 5.02 Å². The van der Waals surface area contributed by atoms with E-state index in [1.165, 1.54) is 11.3 Å². The average Bonchev–Trinajstić information content (AvgIpc) is 2.22. The van der Waals surface area contributed by atoms with Crippen molar-refractivity contribution in [3.63, 3.8) is 0 Å². The van der Waals surface area contributed by atoms with Gasteiger partial charge in [-0.3, -0.25) is 0 Å². The zero-order valence-electron chi connectivity index (χ0n) is 8.19. The second-order valence-corrected chi connectivity index (χ2v) is 4.74. The van der Waals surface area contributed by atoms with Crippen molar-refractivity contribution in [2.75, 3.05) is 5.32 Å². The zero-order chi connectivity index (χ0) is 9.64. The van der Waals surface area contributed by atoms with Crippen molar-refractivity contribution in [1.29, 1.82) is 0 Å². The number of hydrogen-bond acceptors (Lipinski definition) is 1. The molecule has 1 aliphatic heterocycles. The molecule has 1 nitrogen and oxygen atoms in total. The monoisotopic (exact) mass is 195 g/mol. The molecule has 1 aromatic rings. The Labute approximate surface area is 84.1 Å². The Morgan fingerprint density at radius 2 is 2.08 bits per heavy atom. The lowest BCUT2D eigenvalue weighted by atomic mass is 9.88. The molecule has 1 unspecified atom stereocenters. The number of rotatable bonds is 0. The standard InChI is InChI=1S/C11H14ClN/c1-7-9-5-4-8(12)6-10(9)13-11(7,2)3/h4-7,13H,1-3H3. The number of benzene rings is 1. The number of anilines is 1.